The predicted molar refractivity (Wildman–Crippen MR) is 98.8 cm³/mol. The highest BCUT2D eigenvalue weighted by Gasteiger charge is 2.28. The Hall–Kier alpha value is -2.60. The van der Waals surface area contributed by atoms with Crippen LogP contribution in [-0.4, -0.2) is 42.0 Å². The molecule has 0 aromatic carbocycles. The van der Waals surface area contributed by atoms with E-state index in [1.165, 1.54) is 18.2 Å². The Morgan fingerprint density at radius 1 is 1.27 bits per heavy atom. The molecule has 4 rings (SSSR count). The lowest BCUT2D eigenvalue weighted by atomic mass is 10.1. The van der Waals surface area contributed by atoms with Crippen molar-refractivity contribution in [3.8, 4) is 17.2 Å². The average Bonchev–Trinajstić information content (AvgIpc) is 3.38. The zero-order valence-electron chi connectivity index (χ0n) is 14.7. The molecular formula is C19H18ClN3O3. The topological polar surface area (TPSA) is 68.5 Å². The first-order chi connectivity index (χ1) is 12.5. The standard InChI is InChI=1S/C19H18ClN3O3/c1-23(2)19(24)11-6-14(25-3)17(22-8-11)15-7-13-18(26-15)16(20)12(9-21-13)10-4-5-10/h6-10H,4-5H2,1-3H3. The third-order valence-electron chi connectivity index (χ3n) is 4.48. The van der Waals surface area contributed by atoms with Crippen LogP contribution in [0.2, 0.25) is 5.02 Å². The minimum Gasteiger partial charge on any atom is -0.494 e. The number of pyridine rings is 2. The van der Waals surface area contributed by atoms with Crippen LogP contribution in [0, 0.1) is 0 Å². The molecule has 0 atom stereocenters. The number of carbonyl (C=O) groups excluding carboxylic acids is 1. The predicted octanol–water partition coefficient (Wildman–Crippen LogP) is 4.13. The van der Waals surface area contributed by atoms with Gasteiger partial charge in [0.05, 0.1) is 17.7 Å². The molecule has 0 unspecified atom stereocenters. The van der Waals surface area contributed by atoms with Crippen LogP contribution >= 0.6 is 11.6 Å². The molecule has 1 aliphatic rings. The van der Waals surface area contributed by atoms with Gasteiger partial charge < -0.3 is 14.1 Å². The summed E-state index contributed by atoms with van der Waals surface area (Å²) in [5.41, 5.74) is 3.21. The van der Waals surface area contributed by atoms with Crippen molar-refractivity contribution in [3.05, 3.63) is 40.7 Å². The van der Waals surface area contributed by atoms with Gasteiger partial charge in [0.1, 0.15) is 17.0 Å². The fourth-order valence-electron chi connectivity index (χ4n) is 2.92. The van der Waals surface area contributed by atoms with Gasteiger partial charge in [-0.1, -0.05) is 11.6 Å². The van der Waals surface area contributed by atoms with Crippen molar-refractivity contribution in [2.45, 2.75) is 18.8 Å². The Balaban J connectivity index is 1.79. The second kappa shape index (κ2) is 6.29. The van der Waals surface area contributed by atoms with Crippen LogP contribution in [0.15, 0.2) is 28.9 Å². The van der Waals surface area contributed by atoms with Gasteiger partial charge in [0.25, 0.3) is 5.91 Å². The Morgan fingerprint density at radius 3 is 2.69 bits per heavy atom. The smallest absolute Gasteiger partial charge is 0.255 e. The molecule has 0 radical (unpaired) electrons. The summed E-state index contributed by atoms with van der Waals surface area (Å²) in [6.07, 6.45) is 5.61. The summed E-state index contributed by atoms with van der Waals surface area (Å²) < 4.78 is 11.4. The molecule has 3 heterocycles. The van der Waals surface area contributed by atoms with Gasteiger partial charge in [-0.05, 0) is 30.4 Å². The van der Waals surface area contributed by atoms with Crippen LogP contribution in [-0.2, 0) is 0 Å². The lowest BCUT2D eigenvalue weighted by molar-refractivity contribution is 0.0827. The van der Waals surface area contributed by atoms with Gasteiger partial charge in [-0.15, -0.1) is 0 Å². The quantitative estimate of drug-likeness (QED) is 0.689. The number of fused-ring (bicyclic) bond motifs is 1. The normalized spacial score (nSPS) is 13.8. The number of carbonyl (C=O) groups is 1. The van der Waals surface area contributed by atoms with E-state index in [-0.39, 0.29) is 5.91 Å². The summed E-state index contributed by atoms with van der Waals surface area (Å²) in [6.45, 7) is 0. The molecule has 7 heteroatoms. The van der Waals surface area contributed by atoms with E-state index in [4.69, 9.17) is 20.8 Å². The van der Waals surface area contributed by atoms with E-state index >= 15 is 0 Å². The van der Waals surface area contributed by atoms with Crippen molar-refractivity contribution in [3.63, 3.8) is 0 Å². The van der Waals surface area contributed by atoms with Crippen LogP contribution in [0.5, 0.6) is 5.75 Å². The zero-order chi connectivity index (χ0) is 18.4. The molecule has 1 saturated carbocycles. The molecule has 1 fully saturated rings. The molecule has 6 nitrogen and oxygen atoms in total. The lowest BCUT2D eigenvalue weighted by Gasteiger charge is -2.12. The molecule has 0 spiro atoms. The van der Waals surface area contributed by atoms with Gasteiger partial charge >= 0.3 is 0 Å². The second-order valence-corrected chi connectivity index (χ2v) is 6.98. The third kappa shape index (κ3) is 2.80. The van der Waals surface area contributed by atoms with E-state index in [9.17, 15) is 4.79 Å². The molecule has 0 saturated heterocycles. The lowest BCUT2D eigenvalue weighted by Crippen LogP contribution is -2.21. The Labute approximate surface area is 155 Å². The molecule has 3 aromatic rings. The first kappa shape index (κ1) is 16.8. The summed E-state index contributed by atoms with van der Waals surface area (Å²) >= 11 is 6.52. The van der Waals surface area contributed by atoms with Gasteiger partial charge in [0, 0.05) is 32.6 Å². The van der Waals surface area contributed by atoms with Gasteiger partial charge in [0.2, 0.25) is 0 Å². The van der Waals surface area contributed by atoms with Crippen LogP contribution < -0.4 is 4.74 Å². The van der Waals surface area contributed by atoms with E-state index < -0.39 is 0 Å². The maximum absolute atomic E-state index is 12.1. The SMILES string of the molecule is COc1cc(C(=O)N(C)C)cnc1-c1cc2ncc(C3CC3)c(Cl)c2o1. The maximum atomic E-state index is 12.1. The summed E-state index contributed by atoms with van der Waals surface area (Å²) in [7, 11) is 4.91. The van der Waals surface area contributed by atoms with Crippen LogP contribution in [0.25, 0.3) is 22.6 Å². The fraction of sp³-hybridized carbons (Fsp3) is 0.316. The number of rotatable bonds is 4. The highest BCUT2D eigenvalue weighted by molar-refractivity contribution is 6.35. The first-order valence-electron chi connectivity index (χ1n) is 8.33. The number of amides is 1. The van der Waals surface area contributed by atoms with Crippen LogP contribution in [0.1, 0.15) is 34.7 Å². The summed E-state index contributed by atoms with van der Waals surface area (Å²) in [6, 6.07) is 3.44. The molecule has 1 aliphatic carbocycles. The average molecular weight is 372 g/mol. The molecule has 1 amide bonds. The van der Waals surface area contributed by atoms with Gasteiger partial charge in [-0.2, -0.15) is 0 Å². The number of furan rings is 1. The molecule has 3 aromatic heterocycles. The minimum absolute atomic E-state index is 0.147. The van der Waals surface area contributed by atoms with E-state index in [0.29, 0.717) is 44.8 Å². The van der Waals surface area contributed by atoms with Crippen LogP contribution in [0.4, 0.5) is 0 Å². The highest BCUT2D eigenvalue weighted by Crippen LogP contribution is 2.45. The van der Waals surface area contributed by atoms with Crippen molar-refractivity contribution in [1.29, 1.82) is 0 Å². The monoisotopic (exact) mass is 371 g/mol. The minimum atomic E-state index is -0.147. The second-order valence-electron chi connectivity index (χ2n) is 6.60. The molecular weight excluding hydrogens is 354 g/mol. The van der Waals surface area contributed by atoms with Crippen molar-refractivity contribution in [2.75, 3.05) is 21.2 Å². The van der Waals surface area contributed by atoms with Crippen molar-refractivity contribution >= 4 is 28.6 Å². The van der Waals surface area contributed by atoms with Gasteiger partial charge in [0.15, 0.2) is 11.3 Å². The van der Waals surface area contributed by atoms with Crippen molar-refractivity contribution < 1.29 is 13.9 Å². The highest BCUT2D eigenvalue weighted by atomic mass is 35.5. The number of methoxy groups -OCH3 is 1. The van der Waals surface area contributed by atoms with Gasteiger partial charge in [-0.25, -0.2) is 4.98 Å². The zero-order valence-corrected chi connectivity index (χ0v) is 15.5. The maximum Gasteiger partial charge on any atom is 0.255 e. The first-order valence-corrected chi connectivity index (χ1v) is 8.71. The van der Waals surface area contributed by atoms with E-state index in [0.717, 1.165) is 18.4 Å². The molecule has 0 aliphatic heterocycles. The van der Waals surface area contributed by atoms with Crippen LogP contribution in [0.3, 0.4) is 0 Å². The number of aromatic nitrogens is 2. The fourth-order valence-corrected chi connectivity index (χ4v) is 3.26. The van der Waals surface area contributed by atoms with Crippen molar-refractivity contribution in [2.24, 2.45) is 0 Å². The molecule has 134 valence electrons. The summed E-state index contributed by atoms with van der Waals surface area (Å²) in [5.74, 6) is 1.29. The number of hydrogen-bond acceptors (Lipinski definition) is 5. The van der Waals surface area contributed by atoms with E-state index in [1.54, 1.807) is 26.2 Å². The summed E-state index contributed by atoms with van der Waals surface area (Å²) in [5, 5.41) is 0.613. The Bertz CT molecular complexity index is 1010. The largest absolute Gasteiger partial charge is 0.494 e. The van der Waals surface area contributed by atoms with Gasteiger partial charge in [-0.3, -0.25) is 9.78 Å². The number of hydrogen-bond donors (Lipinski definition) is 0. The van der Waals surface area contributed by atoms with E-state index in [2.05, 4.69) is 9.97 Å². The third-order valence-corrected chi connectivity index (χ3v) is 4.87. The number of ether oxygens (including phenoxy) is 1. The Kier molecular flexibility index (Phi) is 4.07. The molecule has 0 bridgehead atoms. The Morgan fingerprint density at radius 2 is 2.04 bits per heavy atom. The number of nitrogens with zero attached hydrogens (tertiary/aromatic N) is 3. The molecule has 26 heavy (non-hydrogen) atoms. The summed E-state index contributed by atoms with van der Waals surface area (Å²) in [4.78, 5) is 22.5. The van der Waals surface area contributed by atoms with Crippen molar-refractivity contribution in [1.82, 2.24) is 14.9 Å². The number of halogens is 1. The molecule has 0 N–H and O–H groups in total. The van der Waals surface area contributed by atoms with E-state index in [1.807, 2.05) is 6.20 Å².